The van der Waals surface area contributed by atoms with E-state index in [2.05, 4.69) is 17.0 Å². The van der Waals surface area contributed by atoms with Crippen molar-refractivity contribution in [2.45, 2.75) is 24.7 Å². The fraction of sp³-hybridized carbons (Fsp3) is 0.333. The molecule has 0 unspecified atom stereocenters. The molecule has 2 aliphatic heterocycles. The van der Waals surface area contributed by atoms with Gasteiger partial charge in [-0.3, -0.25) is 9.59 Å². The second-order valence-corrected chi connectivity index (χ2v) is 9.75. The highest BCUT2D eigenvalue weighted by Crippen LogP contribution is 2.38. The van der Waals surface area contributed by atoms with Crippen LogP contribution in [0.25, 0.3) is 0 Å². The van der Waals surface area contributed by atoms with Crippen molar-refractivity contribution in [2.24, 2.45) is 0 Å². The summed E-state index contributed by atoms with van der Waals surface area (Å²) in [4.78, 5) is 33.3. The first-order valence-corrected chi connectivity index (χ1v) is 12.7. The van der Waals surface area contributed by atoms with E-state index < -0.39 is 5.41 Å². The molecular weight excluding hydrogens is 453 g/mol. The summed E-state index contributed by atoms with van der Waals surface area (Å²) < 4.78 is 13.2. The molecule has 2 saturated heterocycles. The van der Waals surface area contributed by atoms with Gasteiger partial charge in [-0.25, -0.2) is 4.39 Å². The fourth-order valence-corrected chi connectivity index (χ4v) is 5.52. The smallest absolute Gasteiger partial charge is 0.233 e. The Bertz CT molecular complexity index is 1170. The number of hydrogen-bond donors (Lipinski definition) is 0. The number of nitrogens with zero attached hydrogens (tertiary/aromatic N) is 3. The van der Waals surface area contributed by atoms with E-state index in [9.17, 15) is 14.0 Å². The Morgan fingerprint density at radius 3 is 1.89 bits per heavy atom. The van der Waals surface area contributed by atoms with Gasteiger partial charge in [0.15, 0.2) is 0 Å². The van der Waals surface area contributed by atoms with Crippen molar-refractivity contribution in [2.75, 3.05) is 44.2 Å². The molecule has 3 aromatic carbocycles. The number of piperazine rings is 1. The number of amides is 2. The first kappa shape index (κ1) is 24.0. The van der Waals surface area contributed by atoms with Gasteiger partial charge in [0.1, 0.15) is 5.82 Å². The molecule has 2 amide bonds. The first-order valence-electron chi connectivity index (χ1n) is 12.7. The van der Waals surface area contributed by atoms with Crippen molar-refractivity contribution in [3.05, 3.63) is 102 Å². The normalized spacial score (nSPS) is 17.6. The van der Waals surface area contributed by atoms with Gasteiger partial charge in [0.25, 0.3) is 0 Å². The summed E-state index contributed by atoms with van der Waals surface area (Å²) in [5.41, 5.74) is 2.40. The number of benzene rings is 3. The Labute approximate surface area is 212 Å². The molecule has 36 heavy (non-hydrogen) atoms. The van der Waals surface area contributed by atoms with Crippen LogP contribution in [0.3, 0.4) is 0 Å². The van der Waals surface area contributed by atoms with E-state index in [4.69, 9.17) is 0 Å². The van der Waals surface area contributed by atoms with E-state index in [1.165, 1.54) is 17.8 Å². The molecule has 2 heterocycles. The van der Waals surface area contributed by atoms with Gasteiger partial charge in [0, 0.05) is 45.0 Å². The van der Waals surface area contributed by atoms with Gasteiger partial charge >= 0.3 is 0 Å². The average Bonchev–Trinajstić information content (AvgIpc) is 2.95. The third kappa shape index (κ3) is 4.99. The van der Waals surface area contributed by atoms with Gasteiger partial charge in [0.2, 0.25) is 11.8 Å². The van der Waals surface area contributed by atoms with Crippen LogP contribution in [0.2, 0.25) is 0 Å². The maximum atomic E-state index is 14.1. The molecule has 0 aliphatic carbocycles. The quantitative estimate of drug-likeness (QED) is 0.542. The van der Waals surface area contributed by atoms with Crippen molar-refractivity contribution >= 4 is 17.5 Å². The lowest BCUT2D eigenvalue weighted by atomic mass is 9.71. The number of likely N-dealkylation sites (tertiary alicyclic amines) is 1. The summed E-state index contributed by atoms with van der Waals surface area (Å²) in [5.74, 6) is -0.112. The van der Waals surface area contributed by atoms with Gasteiger partial charge in [0.05, 0.1) is 11.8 Å². The molecule has 0 radical (unpaired) electrons. The van der Waals surface area contributed by atoms with E-state index >= 15 is 0 Å². The van der Waals surface area contributed by atoms with Gasteiger partial charge in [-0.05, 0) is 48.2 Å². The molecule has 2 fully saturated rings. The van der Waals surface area contributed by atoms with E-state index in [0.29, 0.717) is 39.0 Å². The lowest BCUT2D eigenvalue weighted by Crippen LogP contribution is -2.58. The van der Waals surface area contributed by atoms with Crippen LogP contribution in [-0.4, -0.2) is 60.9 Å². The zero-order chi connectivity index (χ0) is 25.0. The van der Waals surface area contributed by atoms with Crippen molar-refractivity contribution in [3.63, 3.8) is 0 Å². The number of anilines is 1. The molecule has 5 rings (SSSR count). The summed E-state index contributed by atoms with van der Waals surface area (Å²) in [6, 6.07) is 26.5. The van der Waals surface area contributed by atoms with Gasteiger partial charge in [-0.1, -0.05) is 60.7 Å². The summed E-state index contributed by atoms with van der Waals surface area (Å²) in [7, 11) is 0. The zero-order valence-electron chi connectivity index (χ0n) is 20.5. The number of para-hydroxylation sites is 1. The van der Waals surface area contributed by atoms with Crippen molar-refractivity contribution in [1.29, 1.82) is 0 Å². The Morgan fingerprint density at radius 1 is 0.694 bits per heavy atom. The topological polar surface area (TPSA) is 43.9 Å². The predicted molar refractivity (Wildman–Crippen MR) is 139 cm³/mol. The lowest BCUT2D eigenvalue weighted by Gasteiger charge is -2.45. The third-order valence-electron chi connectivity index (χ3n) is 7.66. The first-order chi connectivity index (χ1) is 17.5. The summed E-state index contributed by atoms with van der Waals surface area (Å²) >= 11 is 0. The highest BCUT2D eigenvalue weighted by molar-refractivity contribution is 5.89. The van der Waals surface area contributed by atoms with Crippen molar-refractivity contribution < 1.29 is 14.0 Å². The van der Waals surface area contributed by atoms with Crippen LogP contribution in [0.4, 0.5) is 10.1 Å². The molecular formula is C30H32FN3O2. The Kier molecular flexibility index (Phi) is 7.03. The molecule has 0 saturated carbocycles. The molecule has 0 N–H and O–H groups in total. The minimum absolute atomic E-state index is 0.0206. The van der Waals surface area contributed by atoms with E-state index in [1.807, 2.05) is 58.3 Å². The number of piperidine rings is 1. The van der Waals surface area contributed by atoms with Gasteiger partial charge in [-0.15, -0.1) is 0 Å². The predicted octanol–water partition coefficient (Wildman–Crippen LogP) is 4.28. The number of rotatable bonds is 5. The summed E-state index contributed by atoms with van der Waals surface area (Å²) in [6.07, 6.45) is 1.45. The Hall–Kier alpha value is -3.67. The molecule has 186 valence electrons. The highest BCUT2D eigenvalue weighted by Gasteiger charge is 2.46. The number of halogens is 1. The largest absolute Gasteiger partial charge is 0.368 e. The van der Waals surface area contributed by atoms with Crippen LogP contribution in [0, 0.1) is 5.82 Å². The Balaban J connectivity index is 1.28. The van der Waals surface area contributed by atoms with Crippen LogP contribution in [-0.2, 0) is 21.4 Å². The summed E-state index contributed by atoms with van der Waals surface area (Å²) in [5, 5.41) is 0. The third-order valence-corrected chi connectivity index (χ3v) is 7.66. The fourth-order valence-electron chi connectivity index (χ4n) is 5.52. The van der Waals surface area contributed by atoms with Gasteiger partial charge < -0.3 is 14.7 Å². The molecule has 3 aromatic rings. The molecule has 0 bridgehead atoms. The number of carbonyl (C=O) groups excluding carboxylic acids is 2. The molecule has 2 aliphatic rings. The lowest BCUT2D eigenvalue weighted by molar-refractivity contribution is -0.143. The van der Waals surface area contributed by atoms with Crippen LogP contribution in [0.15, 0.2) is 84.9 Å². The SMILES string of the molecule is O=C(Cc1ccc(F)cc1)N1CCC(C(=O)N2CCN(c3ccccc3)CC2)(c2ccccc2)CC1. The van der Waals surface area contributed by atoms with E-state index in [-0.39, 0.29) is 24.1 Å². The van der Waals surface area contributed by atoms with Crippen molar-refractivity contribution in [3.8, 4) is 0 Å². The minimum atomic E-state index is -0.622. The monoisotopic (exact) mass is 485 g/mol. The van der Waals surface area contributed by atoms with Gasteiger partial charge in [-0.2, -0.15) is 0 Å². The molecule has 0 atom stereocenters. The van der Waals surface area contributed by atoms with Crippen LogP contribution < -0.4 is 4.90 Å². The average molecular weight is 486 g/mol. The standard InChI is InChI=1S/C30H32FN3O2/c31-26-13-11-24(12-14-26)23-28(35)33-17-15-30(16-18-33,25-7-3-1-4-8-25)29(36)34-21-19-32(20-22-34)27-9-5-2-6-10-27/h1-14H,15-23H2. The molecule has 0 aromatic heterocycles. The van der Waals surface area contributed by atoms with E-state index in [0.717, 1.165) is 24.2 Å². The second kappa shape index (κ2) is 10.5. The molecule has 5 nitrogen and oxygen atoms in total. The number of carbonyl (C=O) groups is 2. The van der Waals surface area contributed by atoms with Crippen LogP contribution in [0.1, 0.15) is 24.0 Å². The highest BCUT2D eigenvalue weighted by atomic mass is 19.1. The zero-order valence-corrected chi connectivity index (χ0v) is 20.5. The second-order valence-electron chi connectivity index (χ2n) is 9.75. The molecule has 6 heteroatoms. The maximum Gasteiger partial charge on any atom is 0.233 e. The van der Waals surface area contributed by atoms with Crippen LogP contribution >= 0.6 is 0 Å². The number of hydrogen-bond acceptors (Lipinski definition) is 3. The molecule has 0 spiro atoms. The minimum Gasteiger partial charge on any atom is -0.368 e. The maximum absolute atomic E-state index is 14.1. The summed E-state index contributed by atoms with van der Waals surface area (Å²) in [6.45, 7) is 4.06. The van der Waals surface area contributed by atoms with Crippen LogP contribution in [0.5, 0.6) is 0 Å². The van der Waals surface area contributed by atoms with E-state index in [1.54, 1.807) is 12.1 Å². The Morgan fingerprint density at radius 2 is 1.28 bits per heavy atom. The van der Waals surface area contributed by atoms with Crippen molar-refractivity contribution in [1.82, 2.24) is 9.80 Å².